The maximum Gasteiger partial charge on any atom is 0.0310 e. The molecule has 1 aliphatic heterocycles. The summed E-state index contributed by atoms with van der Waals surface area (Å²) >= 11 is 0. The van der Waals surface area contributed by atoms with Crippen molar-refractivity contribution in [3.8, 4) is 0 Å². The predicted molar refractivity (Wildman–Crippen MR) is 60.7 cm³/mol. The fourth-order valence-corrected chi connectivity index (χ4v) is 2.10. The Hall–Kier alpha value is -0.460. The van der Waals surface area contributed by atoms with E-state index in [0.29, 0.717) is 0 Å². The molecular formula is C12H25N. The van der Waals surface area contributed by atoms with Gasteiger partial charge in [0, 0.05) is 18.3 Å². The molecule has 78 valence electrons. The zero-order chi connectivity index (χ0) is 10.4. The van der Waals surface area contributed by atoms with E-state index in [-0.39, 0.29) is 0 Å². The molecule has 0 N–H and O–H groups in total. The molecule has 1 heteroatoms. The Labute approximate surface area is 83.8 Å². The van der Waals surface area contributed by atoms with Crippen LogP contribution in [0.4, 0.5) is 0 Å². The topological polar surface area (TPSA) is 3.24 Å². The Kier molecular flexibility index (Phi) is 5.85. The number of hydrogen-bond donors (Lipinski definition) is 0. The Morgan fingerprint density at radius 3 is 2.31 bits per heavy atom. The first kappa shape index (κ1) is 12.5. The van der Waals surface area contributed by atoms with E-state index in [4.69, 9.17) is 0 Å². The number of nitrogens with zero attached hydrogens (tertiary/aromatic N) is 1. The summed E-state index contributed by atoms with van der Waals surface area (Å²) in [6, 6.07) is 0.757. The lowest BCUT2D eigenvalue weighted by atomic mass is 10.0. The lowest BCUT2D eigenvalue weighted by Crippen LogP contribution is -2.29. The molecule has 1 nitrogen and oxygen atoms in total. The van der Waals surface area contributed by atoms with Crippen molar-refractivity contribution in [3.05, 3.63) is 12.3 Å². The van der Waals surface area contributed by atoms with Gasteiger partial charge >= 0.3 is 0 Å². The first-order chi connectivity index (χ1) is 6.16. The van der Waals surface area contributed by atoms with Crippen molar-refractivity contribution in [2.45, 2.75) is 53.5 Å². The minimum absolute atomic E-state index is 0.757. The molecule has 0 amide bonds. The van der Waals surface area contributed by atoms with Gasteiger partial charge in [0.05, 0.1) is 0 Å². The van der Waals surface area contributed by atoms with Gasteiger partial charge in [-0.05, 0) is 25.7 Å². The monoisotopic (exact) mass is 183 g/mol. The van der Waals surface area contributed by atoms with Crippen LogP contribution in [0.5, 0.6) is 0 Å². The molecule has 0 spiro atoms. The number of allylic oxidation sites excluding steroid dienone is 1. The summed E-state index contributed by atoms with van der Waals surface area (Å²) in [6.45, 7) is 15.9. The first-order valence-electron chi connectivity index (χ1n) is 5.59. The van der Waals surface area contributed by atoms with Crippen molar-refractivity contribution in [2.75, 3.05) is 6.54 Å². The molecule has 13 heavy (non-hydrogen) atoms. The minimum Gasteiger partial charge on any atom is -0.372 e. The summed E-state index contributed by atoms with van der Waals surface area (Å²) in [6.07, 6.45) is 2.60. The fraction of sp³-hybridized carbons (Fsp3) is 0.833. The van der Waals surface area contributed by atoms with Crippen LogP contribution in [0.25, 0.3) is 0 Å². The molecule has 1 saturated heterocycles. The van der Waals surface area contributed by atoms with Gasteiger partial charge in [-0.25, -0.2) is 0 Å². The van der Waals surface area contributed by atoms with Crippen molar-refractivity contribution >= 4 is 0 Å². The quantitative estimate of drug-likeness (QED) is 0.631. The van der Waals surface area contributed by atoms with E-state index in [0.717, 1.165) is 12.0 Å². The maximum atomic E-state index is 4.00. The molecule has 2 atom stereocenters. The van der Waals surface area contributed by atoms with Crippen molar-refractivity contribution in [1.82, 2.24) is 4.90 Å². The van der Waals surface area contributed by atoms with Crippen LogP contribution in [0.1, 0.15) is 47.5 Å². The maximum absolute atomic E-state index is 4.00. The van der Waals surface area contributed by atoms with Crippen LogP contribution in [-0.4, -0.2) is 17.5 Å². The number of likely N-dealkylation sites (tertiary alicyclic amines) is 1. The zero-order valence-corrected chi connectivity index (χ0v) is 9.93. The standard InChI is InChI=1S/C10H19N.C2H6/c1-5-10-9(4)6-7-11(10)8(2)3;1-2/h9-10H,2,5-7H2,1,3-4H3;1-2H3. The Morgan fingerprint density at radius 2 is 2.00 bits per heavy atom. The second kappa shape index (κ2) is 6.06. The SMILES string of the molecule is C=C(C)N1CCC(C)C1CC.CC. The van der Waals surface area contributed by atoms with Crippen LogP contribution < -0.4 is 0 Å². The van der Waals surface area contributed by atoms with Crippen LogP contribution in [0.2, 0.25) is 0 Å². The third kappa shape index (κ3) is 3.06. The third-order valence-electron chi connectivity index (χ3n) is 2.79. The molecular weight excluding hydrogens is 158 g/mol. The Balaban J connectivity index is 0.000000671. The van der Waals surface area contributed by atoms with Crippen LogP contribution in [0, 0.1) is 5.92 Å². The van der Waals surface area contributed by atoms with E-state index in [1.54, 1.807) is 0 Å². The molecule has 1 rings (SSSR count). The summed E-state index contributed by atoms with van der Waals surface area (Å²) in [4.78, 5) is 2.45. The van der Waals surface area contributed by atoms with Crippen LogP contribution in [0.15, 0.2) is 12.3 Å². The second-order valence-corrected chi connectivity index (χ2v) is 3.67. The Morgan fingerprint density at radius 1 is 1.46 bits per heavy atom. The van der Waals surface area contributed by atoms with Gasteiger partial charge in [-0.15, -0.1) is 0 Å². The normalized spacial score (nSPS) is 26.7. The minimum atomic E-state index is 0.757. The molecule has 0 aliphatic carbocycles. The van der Waals surface area contributed by atoms with Crippen molar-refractivity contribution in [3.63, 3.8) is 0 Å². The predicted octanol–water partition coefficient (Wildman–Crippen LogP) is 3.67. The van der Waals surface area contributed by atoms with Gasteiger partial charge in [-0.1, -0.05) is 34.3 Å². The molecule has 0 radical (unpaired) electrons. The van der Waals surface area contributed by atoms with Gasteiger partial charge in [0.1, 0.15) is 0 Å². The van der Waals surface area contributed by atoms with E-state index in [1.807, 2.05) is 13.8 Å². The fourth-order valence-electron chi connectivity index (χ4n) is 2.10. The molecule has 0 saturated carbocycles. The zero-order valence-electron chi connectivity index (χ0n) is 9.93. The average molecular weight is 183 g/mol. The lowest BCUT2D eigenvalue weighted by Gasteiger charge is -2.27. The van der Waals surface area contributed by atoms with Gasteiger partial charge < -0.3 is 4.90 Å². The van der Waals surface area contributed by atoms with Gasteiger partial charge in [-0.3, -0.25) is 0 Å². The highest BCUT2D eigenvalue weighted by Crippen LogP contribution is 2.28. The van der Waals surface area contributed by atoms with Crippen LogP contribution in [-0.2, 0) is 0 Å². The van der Waals surface area contributed by atoms with Crippen molar-refractivity contribution in [2.24, 2.45) is 5.92 Å². The van der Waals surface area contributed by atoms with E-state index in [2.05, 4.69) is 32.3 Å². The van der Waals surface area contributed by atoms with Crippen LogP contribution in [0.3, 0.4) is 0 Å². The number of hydrogen-bond acceptors (Lipinski definition) is 1. The summed E-state index contributed by atoms with van der Waals surface area (Å²) in [5.41, 5.74) is 1.24. The second-order valence-electron chi connectivity index (χ2n) is 3.67. The highest BCUT2D eigenvalue weighted by atomic mass is 15.2. The smallest absolute Gasteiger partial charge is 0.0310 e. The lowest BCUT2D eigenvalue weighted by molar-refractivity contribution is 0.282. The highest BCUT2D eigenvalue weighted by molar-refractivity contribution is 4.97. The largest absolute Gasteiger partial charge is 0.372 e. The Bertz CT molecular complexity index is 151. The number of rotatable bonds is 2. The summed E-state index contributed by atoms with van der Waals surface area (Å²) < 4.78 is 0. The van der Waals surface area contributed by atoms with Crippen LogP contribution >= 0.6 is 0 Å². The molecule has 0 aromatic rings. The van der Waals surface area contributed by atoms with E-state index < -0.39 is 0 Å². The van der Waals surface area contributed by atoms with Gasteiger partial charge in [0.15, 0.2) is 0 Å². The summed E-state index contributed by atoms with van der Waals surface area (Å²) in [5, 5.41) is 0. The molecule has 1 heterocycles. The molecule has 2 unspecified atom stereocenters. The highest BCUT2D eigenvalue weighted by Gasteiger charge is 2.28. The van der Waals surface area contributed by atoms with Gasteiger partial charge in [-0.2, -0.15) is 0 Å². The van der Waals surface area contributed by atoms with E-state index in [9.17, 15) is 0 Å². The van der Waals surface area contributed by atoms with E-state index in [1.165, 1.54) is 25.1 Å². The summed E-state index contributed by atoms with van der Waals surface area (Å²) in [7, 11) is 0. The van der Waals surface area contributed by atoms with Gasteiger partial charge in [0.25, 0.3) is 0 Å². The molecule has 0 bridgehead atoms. The molecule has 1 fully saturated rings. The van der Waals surface area contributed by atoms with Gasteiger partial charge in [0.2, 0.25) is 0 Å². The van der Waals surface area contributed by atoms with Crippen molar-refractivity contribution in [1.29, 1.82) is 0 Å². The van der Waals surface area contributed by atoms with Crippen molar-refractivity contribution < 1.29 is 0 Å². The molecule has 0 aromatic heterocycles. The first-order valence-corrected chi connectivity index (χ1v) is 5.59. The average Bonchev–Trinajstić information content (AvgIpc) is 2.50. The summed E-state index contributed by atoms with van der Waals surface area (Å²) in [5.74, 6) is 0.858. The van der Waals surface area contributed by atoms with E-state index >= 15 is 0 Å². The molecule has 1 aliphatic rings. The molecule has 0 aromatic carbocycles. The third-order valence-corrected chi connectivity index (χ3v) is 2.79.